The van der Waals surface area contributed by atoms with Gasteiger partial charge in [0, 0.05) is 0 Å². The Morgan fingerprint density at radius 1 is 0.300 bits per heavy atom. The molecule has 0 N–H and O–H groups in total. The minimum atomic E-state index is 0.957. The van der Waals surface area contributed by atoms with Crippen LogP contribution in [-0.4, -0.2) is 0 Å². The van der Waals surface area contributed by atoms with Crippen LogP contribution in [0.25, 0.3) is 0 Å². The first-order valence-electron chi connectivity index (χ1n) is 14.7. The summed E-state index contributed by atoms with van der Waals surface area (Å²) in [6.45, 7) is 9.60. The Bertz CT molecular complexity index is 294. The average Bonchev–Trinajstić information content (AvgIpc) is 2.74. The summed E-state index contributed by atoms with van der Waals surface area (Å²) in [6.07, 6.45) is 35.1. The molecule has 0 aliphatic carbocycles. The van der Waals surface area contributed by atoms with E-state index in [0.717, 1.165) is 11.8 Å². The van der Waals surface area contributed by atoms with Gasteiger partial charge in [-0.1, -0.05) is 182 Å². The first-order valence-corrected chi connectivity index (χ1v) is 14.7. The van der Waals surface area contributed by atoms with E-state index in [9.17, 15) is 0 Å². The quantitative estimate of drug-likeness (QED) is 0.128. The molecule has 2 unspecified atom stereocenters. The van der Waals surface area contributed by atoms with E-state index < -0.39 is 0 Å². The first kappa shape index (κ1) is 30.0. The van der Waals surface area contributed by atoms with Crippen LogP contribution in [0, 0.1) is 11.8 Å². The Morgan fingerprint density at radius 2 is 0.533 bits per heavy atom. The molecular formula is C30H62. The molecule has 30 heavy (non-hydrogen) atoms. The van der Waals surface area contributed by atoms with Gasteiger partial charge < -0.3 is 0 Å². The maximum absolute atomic E-state index is 2.50. The van der Waals surface area contributed by atoms with Crippen LogP contribution in [0.2, 0.25) is 0 Å². The Balaban J connectivity index is 3.26. The molecule has 182 valence electrons. The predicted molar refractivity (Wildman–Crippen MR) is 140 cm³/mol. The van der Waals surface area contributed by atoms with Crippen molar-refractivity contribution in [2.24, 2.45) is 11.8 Å². The standard InChI is InChI=1S/C30H62/c1-5-7-9-11-13-14-15-16-17-19-21-23-26-30(4)28-24-27-29(3)25-22-20-18-12-10-8-6-2/h29-30H,5-28H2,1-4H3. The topological polar surface area (TPSA) is 0 Å². The molecule has 0 aromatic carbocycles. The van der Waals surface area contributed by atoms with Crippen molar-refractivity contribution in [3.8, 4) is 0 Å². The number of rotatable bonds is 25. The molecule has 0 rings (SSSR count). The number of hydrogen-bond donors (Lipinski definition) is 0. The van der Waals surface area contributed by atoms with Gasteiger partial charge in [0.15, 0.2) is 0 Å². The van der Waals surface area contributed by atoms with Gasteiger partial charge in [0.2, 0.25) is 0 Å². The molecule has 0 spiro atoms. The van der Waals surface area contributed by atoms with Crippen molar-refractivity contribution >= 4 is 0 Å². The summed E-state index contributed by atoms with van der Waals surface area (Å²) in [5, 5.41) is 0. The van der Waals surface area contributed by atoms with Crippen molar-refractivity contribution in [3.63, 3.8) is 0 Å². The lowest BCUT2D eigenvalue weighted by Gasteiger charge is -2.14. The van der Waals surface area contributed by atoms with Gasteiger partial charge in [0.05, 0.1) is 0 Å². The van der Waals surface area contributed by atoms with Gasteiger partial charge in [-0.05, 0) is 11.8 Å². The van der Waals surface area contributed by atoms with Crippen LogP contribution in [0.4, 0.5) is 0 Å². The second-order valence-electron chi connectivity index (χ2n) is 10.7. The highest BCUT2D eigenvalue weighted by atomic mass is 14.1. The van der Waals surface area contributed by atoms with Gasteiger partial charge in [0.25, 0.3) is 0 Å². The fraction of sp³-hybridized carbons (Fsp3) is 1.00. The first-order chi connectivity index (χ1) is 14.7. The third kappa shape index (κ3) is 24.3. The van der Waals surface area contributed by atoms with Crippen molar-refractivity contribution in [2.75, 3.05) is 0 Å². The largest absolute Gasteiger partial charge is 0.0654 e. The third-order valence-corrected chi connectivity index (χ3v) is 7.24. The summed E-state index contributed by atoms with van der Waals surface area (Å²) < 4.78 is 0. The summed E-state index contributed by atoms with van der Waals surface area (Å²) in [4.78, 5) is 0. The van der Waals surface area contributed by atoms with Crippen LogP contribution in [-0.2, 0) is 0 Å². The monoisotopic (exact) mass is 422 g/mol. The molecule has 0 bridgehead atoms. The van der Waals surface area contributed by atoms with Gasteiger partial charge in [-0.25, -0.2) is 0 Å². The van der Waals surface area contributed by atoms with Gasteiger partial charge in [0.1, 0.15) is 0 Å². The molecule has 0 heteroatoms. The maximum atomic E-state index is 2.50. The van der Waals surface area contributed by atoms with Gasteiger partial charge in [-0.3, -0.25) is 0 Å². The lowest BCUT2D eigenvalue weighted by atomic mass is 9.92. The van der Waals surface area contributed by atoms with Crippen LogP contribution >= 0.6 is 0 Å². The Kier molecular flexibility index (Phi) is 25.3. The molecule has 0 amide bonds. The zero-order chi connectivity index (χ0) is 22.1. The zero-order valence-electron chi connectivity index (χ0n) is 22.1. The fourth-order valence-electron chi connectivity index (χ4n) is 4.89. The smallest absolute Gasteiger partial charge is 0.0443 e. The lowest BCUT2D eigenvalue weighted by Crippen LogP contribution is -1.99. The molecule has 0 fully saturated rings. The maximum Gasteiger partial charge on any atom is -0.0443 e. The van der Waals surface area contributed by atoms with Crippen molar-refractivity contribution in [1.29, 1.82) is 0 Å². The van der Waals surface area contributed by atoms with E-state index in [-0.39, 0.29) is 0 Å². The van der Waals surface area contributed by atoms with Crippen LogP contribution in [0.15, 0.2) is 0 Å². The van der Waals surface area contributed by atoms with E-state index >= 15 is 0 Å². The van der Waals surface area contributed by atoms with E-state index in [1.165, 1.54) is 154 Å². The Hall–Kier alpha value is 0. The van der Waals surface area contributed by atoms with Gasteiger partial charge in [-0.2, -0.15) is 0 Å². The van der Waals surface area contributed by atoms with E-state index in [1.807, 2.05) is 0 Å². The summed E-state index contributed by atoms with van der Waals surface area (Å²) in [5.74, 6) is 1.92. The highest BCUT2D eigenvalue weighted by molar-refractivity contribution is 4.59. The SMILES string of the molecule is CCCCCCCCCCCCCCC(C)CCCC(C)CCCCCCCCC. The van der Waals surface area contributed by atoms with Crippen molar-refractivity contribution < 1.29 is 0 Å². The molecule has 0 saturated heterocycles. The molecular weight excluding hydrogens is 360 g/mol. The van der Waals surface area contributed by atoms with Crippen molar-refractivity contribution in [2.45, 2.75) is 182 Å². The van der Waals surface area contributed by atoms with Crippen LogP contribution < -0.4 is 0 Å². The molecule has 0 aliphatic rings. The van der Waals surface area contributed by atoms with Crippen molar-refractivity contribution in [3.05, 3.63) is 0 Å². The summed E-state index contributed by atoms with van der Waals surface area (Å²) in [6, 6.07) is 0. The minimum Gasteiger partial charge on any atom is -0.0654 e. The molecule has 0 aromatic heterocycles. The summed E-state index contributed by atoms with van der Waals surface area (Å²) in [7, 11) is 0. The Labute approximate surface area is 193 Å². The Morgan fingerprint density at radius 3 is 0.833 bits per heavy atom. The number of unbranched alkanes of at least 4 members (excludes halogenated alkanes) is 17. The highest BCUT2D eigenvalue weighted by Gasteiger charge is 2.06. The van der Waals surface area contributed by atoms with E-state index in [4.69, 9.17) is 0 Å². The molecule has 0 heterocycles. The van der Waals surface area contributed by atoms with Crippen LogP contribution in [0.3, 0.4) is 0 Å². The lowest BCUT2D eigenvalue weighted by molar-refractivity contribution is 0.390. The fourth-order valence-corrected chi connectivity index (χ4v) is 4.89. The van der Waals surface area contributed by atoms with Crippen LogP contribution in [0.1, 0.15) is 182 Å². The average molecular weight is 423 g/mol. The summed E-state index contributed by atoms with van der Waals surface area (Å²) >= 11 is 0. The van der Waals surface area contributed by atoms with E-state index in [2.05, 4.69) is 27.7 Å². The number of hydrogen-bond acceptors (Lipinski definition) is 0. The van der Waals surface area contributed by atoms with Crippen LogP contribution in [0.5, 0.6) is 0 Å². The van der Waals surface area contributed by atoms with E-state index in [1.54, 1.807) is 0 Å². The van der Waals surface area contributed by atoms with E-state index in [0.29, 0.717) is 0 Å². The zero-order valence-corrected chi connectivity index (χ0v) is 22.1. The minimum absolute atomic E-state index is 0.957. The third-order valence-electron chi connectivity index (χ3n) is 7.24. The molecule has 0 aromatic rings. The molecule has 0 saturated carbocycles. The molecule has 0 nitrogen and oxygen atoms in total. The second kappa shape index (κ2) is 25.3. The van der Waals surface area contributed by atoms with Gasteiger partial charge >= 0.3 is 0 Å². The van der Waals surface area contributed by atoms with Gasteiger partial charge in [-0.15, -0.1) is 0 Å². The highest BCUT2D eigenvalue weighted by Crippen LogP contribution is 2.22. The normalized spacial score (nSPS) is 13.6. The molecule has 0 radical (unpaired) electrons. The van der Waals surface area contributed by atoms with Crippen molar-refractivity contribution in [1.82, 2.24) is 0 Å². The molecule has 2 atom stereocenters. The summed E-state index contributed by atoms with van der Waals surface area (Å²) in [5.41, 5.74) is 0. The second-order valence-corrected chi connectivity index (χ2v) is 10.7. The molecule has 0 aliphatic heterocycles. The predicted octanol–water partition coefficient (Wildman–Crippen LogP) is 11.7.